The molecule has 2 aromatic rings. The van der Waals surface area contributed by atoms with Crippen LogP contribution in [-0.4, -0.2) is 56.1 Å². The summed E-state index contributed by atoms with van der Waals surface area (Å²) in [6, 6.07) is 4.07. The fourth-order valence-electron chi connectivity index (χ4n) is 3.13. The molecule has 0 spiro atoms. The van der Waals surface area contributed by atoms with E-state index in [0.717, 1.165) is 18.2 Å². The van der Waals surface area contributed by atoms with E-state index in [-0.39, 0.29) is 31.2 Å². The fraction of sp³-hybridized carbons (Fsp3) is 0.333. The van der Waals surface area contributed by atoms with E-state index in [1.165, 1.54) is 10.8 Å². The fourth-order valence-corrected chi connectivity index (χ4v) is 8.47. The number of carbonyl (C=O) groups is 2. The summed E-state index contributed by atoms with van der Waals surface area (Å²) in [5.74, 6) is -4.70. The van der Waals surface area contributed by atoms with Crippen molar-refractivity contribution >= 4 is 111 Å². The Morgan fingerprint density at radius 2 is 1.74 bits per heavy atom. The zero-order valence-electron chi connectivity index (χ0n) is 20.8. The van der Waals surface area contributed by atoms with Crippen molar-refractivity contribution in [2.24, 2.45) is 5.92 Å². The minimum Gasteiger partial charge on any atom is -0.461 e. The van der Waals surface area contributed by atoms with Gasteiger partial charge in [-0.15, -0.1) is 0 Å². The molecule has 0 saturated carbocycles. The first-order chi connectivity index (χ1) is 19.2. The molecule has 0 aromatic heterocycles. The maximum atomic E-state index is 13.1. The van der Waals surface area contributed by atoms with Crippen molar-refractivity contribution in [3.63, 3.8) is 0 Å². The highest BCUT2D eigenvalue weighted by Crippen LogP contribution is 2.37. The van der Waals surface area contributed by atoms with Crippen LogP contribution in [0.25, 0.3) is 0 Å². The lowest BCUT2D eigenvalue weighted by atomic mass is 9.96. The lowest BCUT2D eigenvalue weighted by Gasteiger charge is -2.20. The van der Waals surface area contributed by atoms with Crippen LogP contribution < -0.4 is 9.46 Å². The summed E-state index contributed by atoms with van der Waals surface area (Å²) < 4.78 is 105. The minimum atomic E-state index is -5.75. The Labute approximate surface area is 277 Å². The zero-order chi connectivity index (χ0) is 32.2. The van der Waals surface area contributed by atoms with Crippen LogP contribution in [0.4, 0.5) is 24.5 Å². The van der Waals surface area contributed by atoms with Crippen LogP contribution in [0.1, 0.15) is 29.3 Å². The quantitative estimate of drug-likeness (QED) is 0.0735. The molecule has 13 nitrogen and oxygen atoms in total. The van der Waals surface area contributed by atoms with Crippen LogP contribution in [0.5, 0.6) is 5.75 Å². The number of hydrogen-bond acceptors (Lipinski definition) is 10. The number of rotatable bonds is 12. The van der Waals surface area contributed by atoms with Gasteiger partial charge in [0.15, 0.2) is 0 Å². The molecule has 0 aliphatic rings. The normalized spacial score (nSPS) is 12.9. The molecule has 0 aliphatic heterocycles. The Morgan fingerprint density at radius 1 is 1.12 bits per heavy atom. The number of hydrogen-bond donors (Lipinski definition) is 2. The van der Waals surface area contributed by atoms with Crippen molar-refractivity contribution < 1.29 is 58.5 Å². The number of anilines is 1. The minimum absolute atomic E-state index is 0.0867. The van der Waals surface area contributed by atoms with Crippen molar-refractivity contribution in [1.29, 1.82) is 0 Å². The first-order valence-corrected chi connectivity index (χ1v) is 17.4. The molecule has 0 bridgehead atoms. The first kappa shape index (κ1) is 36.6. The monoisotopic (exact) mass is 976 g/mol. The number of benzene rings is 2. The molecule has 2 aromatic carbocycles. The van der Waals surface area contributed by atoms with Gasteiger partial charge in [0, 0.05) is 22.8 Å². The number of halogens is 6. The SMILES string of the molecule is CCC(Cc1c(I)cc(I)c(NS(=O)(=O)C(F)(F)F)c1I)C(=O)Oc1cc(C(=O)OCCS(=O)(=O)O)ccc1[N+](=O)[O-]. The molecule has 2 rings (SSSR count). The summed E-state index contributed by atoms with van der Waals surface area (Å²) in [4.78, 5) is 36.0. The third kappa shape index (κ3) is 9.71. The summed E-state index contributed by atoms with van der Waals surface area (Å²) >= 11 is 5.17. The maximum absolute atomic E-state index is 13.1. The second-order valence-corrected chi connectivity index (χ2v) is 14.8. The molecule has 0 amide bonds. The molecule has 42 heavy (non-hydrogen) atoms. The van der Waals surface area contributed by atoms with E-state index in [2.05, 4.69) is 0 Å². The Morgan fingerprint density at radius 3 is 2.26 bits per heavy atom. The lowest BCUT2D eigenvalue weighted by molar-refractivity contribution is -0.385. The molecule has 232 valence electrons. The van der Waals surface area contributed by atoms with Crippen LogP contribution in [0.2, 0.25) is 0 Å². The predicted octanol–water partition coefficient (Wildman–Crippen LogP) is 4.89. The van der Waals surface area contributed by atoms with Gasteiger partial charge >= 0.3 is 33.2 Å². The van der Waals surface area contributed by atoms with Crippen LogP contribution in [0.3, 0.4) is 0 Å². The van der Waals surface area contributed by atoms with E-state index < -0.39 is 72.2 Å². The molecule has 21 heteroatoms. The Hall–Kier alpha value is -1.58. The summed E-state index contributed by atoms with van der Waals surface area (Å²) in [7, 11) is -10.2. The van der Waals surface area contributed by atoms with Gasteiger partial charge in [-0.25, -0.2) is 4.79 Å². The van der Waals surface area contributed by atoms with Gasteiger partial charge in [0.2, 0.25) is 5.75 Å². The standard InChI is InChI=1S/C21H18F3I3N2O11S2/c1-2-10(7-12-13(25)9-14(26)18(17(12)27)28-42(37,38)21(22,23)24)20(31)40-16-8-11(3-4-15(16)29(32)33)19(30)39-5-6-41(34,35)36/h3-4,8-10,28H,2,5-7H2,1H3,(H,34,35,36). The topological polar surface area (TPSA) is 196 Å². The van der Waals surface area contributed by atoms with Crippen LogP contribution in [-0.2, 0) is 36.1 Å². The van der Waals surface area contributed by atoms with Gasteiger partial charge in [-0.3, -0.25) is 24.2 Å². The molecule has 0 saturated heterocycles. The Bertz CT molecular complexity index is 1620. The lowest BCUT2D eigenvalue weighted by Crippen LogP contribution is -2.31. The largest absolute Gasteiger partial charge is 0.516 e. The van der Waals surface area contributed by atoms with Crippen molar-refractivity contribution in [3.8, 4) is 5.75 Å². The van der Waals surface area contributed by atoms with Crippen molar-refractivity contribution in [2.75, 3.05) is 17.1 Å². The third-order valence-electron chi connectivity index (χ3n) is 5.26. The van der Waals surface area contributed by atoms with Crippen molar-refractivity contribution in [3.05, 3.63) is 56.2 Å². The average molecular weight is 976 g/mol. The van der Waals surface area contributed by atoms with Gasteiger partial charge in [0.25, 0.3) is 10.1 Å². The number of nitro benzene ring substituents is 1. The highest BCUT2D eigenvalue weighted by Gasteiger charge is 2.46. The second kappa shape index (κ2) is 14.5. The van der Waals surface area contributed by atoms with E-state index in [1.807, 2.05) is 22.6 Å². The molecule has 0 radical (unpaired) electrons. The number of ether oxygens (including phenoxy) is 2. The Kier molecular flexibility index (Phi) is 12.6. The summed E-state index contributed by atoms with van der Waals surface area (Å²) in [5.41, 5.74) is -6.65. The molecule has 1 unspecified atom stereocenters. The predicted molar refractivity (Wildman–Crippen MR) is 166 cm³/mol. The smallest absolute Gasteiger partial charge is 0.461 e. The number of carbonyl (C=O) groups excluding carboxylic acids is 2. The summed E-state index contributed by atoms with van der Waals surface area (Å²) in [5, 5.41) is 11.5. The molecule has 1 atom stereocenters. The van der Waals surface area contributed by atoms with Gasteiger partial charge in [-0.2, -0.15) is 30.0 Å². The van der Waals surface area contributed by atoms with Crippen LogP contribution >= 0.6 is 67.8 Å². The second-order valence-electron chi connectivity index (χ2n) is 8.15. The maximum Gasteiger partial charge on any atom is 0.516 e. The molecule has 0 fully saturated rings. The number of nitrogens with zero attached hydrogens (tertiary/aromatic N) is 1. The number of nitrogens with one attached hydrogen (secondary N) is 1. The molecular weight excluding hydrogens is 958 g/mol. The highest BCUT2D eigenvalue weighted by atomic mass is 127. The van der Waals surface area contributed by atoms with Crippen molar-refractivity contribution in [2.45, 2.75) is 25.3 Å². The van der Waals surface area contributed by atoms with E-state index in [9.17, 15) is 49.7 Å². The highest BCUT2D eigenvalue weighted by molar-refractivity contribution is 14.1. The van der Waals surface area contributed by atoms with Gasteiger partial charge < -0.3 is 9.47 Å². The molecular formula is C21H18F3I3N2O11S2. The van der Waals surface area contributed by atoms with E-state index in [1.54, 1.807) is 52.1 Å². The summed E-state index contributed by atoms with van der Waals surface area (Å²) in [6.45, 7) is 0.846. The van der Waals surface area contributed by atoms with Gasteiger partial charge in [0.05, 0.1) is 22.1 Å². The van der Waals surface area contributed by atoms with Crippen LogP contribution in [0, 0.1) is 26.7 Å². The van der Waals surface area contributed by atoms with Crippen LogP contribution in [0.15, 0.2) is 24.3 Å². The number of nitro groups is 1. The Balaban J connectivity index is 2.38. The van der Waals surface area contributed by atoms with Gasteiger partial charge in [-0.05, 0) is 98.3 Å². The van der Waals surface area contributed by atoms with E-state index >= 15 is 0 Å². The molecule has 0 heterocycles. The zero-order valence-corrected chi connectivity index (χ0v) is 28.9. The van der Waals surface area contributed by atoms with E-state index in [0.29, 0.717) is 9.13 Å². The summed E-state index contributed by atoms with van der Waals surface area (Å²) in [6.07, 6.45) is -0.0690. The molecule has 0 aliphatic carbocycles. The molecule has 2 N–H and O–H groups in total. The average Bonchev–Trinajstić information content (AvgIpc) is 2.84. The van der Waals surface area contributed by atoms with Crippen molar-refractivity contribution in [1.82, 2.24) is 0 Å². The first-order valence-electron chi connectivity index (χ1n) is 11.1. The van der Waals surface area contributed by atoms with Gasteiger partial charge in [-0.1, -0.05) is 6.92 Å². The number of esters is 2. The van der Waals surface area contributed by atoms with Gasteiger partial charge in [0.1, 0.15) is 12.4 Å². The number of alkyl halides is 3. The number of sulfonamides is 1. The van der Waals surface area contributed by atoms with E-state index in [4.69, 9.17) is 14.0 Å². The third-order valence-corrected chi connectivity index (χ3v) is 10.0.